The smallest absolute Gasteiger partial charge is 0.414 e. The van der Waals surface area contributed by atoms with Crippen LogP contribution in [0.3, 0.4) is 0 Å². The van der Waals surface area contributed by atoms with Gasteiger partial charge in [-0.05, 0) is 24.6 Å². The summed E-state index contributed by atoms with van der Waals surface area (Å²) in [4.78, 5) is 14.0. The number of amides is 1. The molecule has 0 radical (unpaired) electrons. The van der Waals surface area contributed by atoms with Crippen molar-refractivity contribution in [2.45, 2.75) is 13.0 Å². The highest BCUT2D eigenvalue weighted by atomic mass is 16.5. The zero-order valence-corrected chi connectivity index (χ0v) is 13.6. The Morgan fingerprint density at radius 1 is 1.04 bits per heavy atom. The average Bonchev–Trinajstić information content (AvgIpc) is 2.60. The quantitative estimate of drug-likeness (QED) is 0.840. The number of rotatable bonds is 2. The lowest BCUT2D eigenvalue weighted by molar-refractivity contribution is 0.176. The Hall–Kier alpha value is -2.69. The summed E-state index contributed by atoms with van der Waals surface area (Å²) < 4.78 is 15.9. The number of nitrogens with zero attached hydrogens (tertiary/aromatic N) is 1. The van der Waals surface area contributed by atoms with Gasteiger partial charge in [-0.25, -0.2) is 4.79 Å². The molecular formula is C18H19NO4. The van der Waals surface area contributed by atoms with Crippen LogP contribution in [-0.4, -0.2) is 27.4 Å². The second-order valence-electron chi connectivity index (χ2n) is 5.32. The van der Waals surface area contributed by atoms with Gasteiger partial charge in [-0.3, -0.25) is 4.90 Å². The monoisotopic (exact) mass is 313 g/mol. The zero-order valence-electron chi connectivity index (χ0n) is 13.6. The lowest BCUT2D eigenvalue weighted by Gasteiger charge is -2.36. The topological polar surface area (TPSA) is 48.0 Å². The SMILES string of the molecule is COC(=O)N1c2ccccc2-c2cc(OC)cc(OC)c2C1C. The van der Waals surface area contributed by atoms with Gasteiger partial charge >= 0.3 is 6.09 Å². The third-order valence-electron chi connectivity index (χ3n) is 4.20. The molecule has 5 heteroatoms. The van der Waals surface area contributed by atoms with Gasteiger partial charge in [0.15, 0.2) is 0 Å². The molecule has 1 unspecified atom stereocenters. The first kappa shape index (κ1) is 15.2. The van der Waals surface area contributed by atoms with E-state index < -0.39 is 6.09 Å². The standard InChI is InChI=1S/C18H19NO4/c1-11-17-14(9-12(21-2)10-16(17)22-3)13-7-5-6-8-15(13)19(11)18(20)23-4/h5-11H,1-4H3. The number of carbonyl (C=O) groups excluding carboxylic acids is 1. The molecule has 0 saturated heterocycles. The lowest BCUT2D eigenvalue weighted by atomic mass is 9.88. The molecule has 0 fully saturated rings. The van der Waals surface area contributed by atoms with Gasteiger partial charge in [0.05, 0.1) is 33.1 Å². The molecule has 0 spiro atoms. The van der Waals surface area contributed by atoms with Crippen molar-refractivity contribution >= 4 is 11.8 Å². The summed E-state index contributed by atoms with van der Waals surface area (Å²) in [5, 5.41) is 0. The van der Waals surface area contributed by atoms with E-state index in [9.17, 15) is 4.79 Å². The van der Waals surface area contributed by atoms with Gasteiger partial charge in [-0.2, -0.15) is 0 Å². The van der Waals surface area contributed by atoms with Gasteiger partial charge in [-0.15, -0.1) is 0 Å². The van der Waals surface area contributed by atoms with Crippen molar-refractivity contribution in [1.29, 1.82) is 0 Å². The summed E-state index contributed by atoms with van der Waals surface area (Å²) in [6.07, 6.45) is -0.395. The second kappa shape index (κ2) is 5.83. The molecule has 120 valence electrons. The largest absolute Gasteiger partial charge is 0.497 e. The van der Waals surface area contributed by atoms with E-state index in [1.54, 1.807) is 19.1 Å². The van der Waals surface area contributed by atoms with E-state index in [0.717, 1.165) is 22.4 Å². The van der Waals surface area contributed by atoms with Gasteiger partial charge in [0, 0.05) is 17.2 Å². The third kappa shape index (κ3) is 2.29. The van der Waals surface area contributed by atoms with Gasteiger partial charge in [0.2, 0.25) is 0 Å². The first-order chi connectivity index (χ1) is 11.1. The molecular weight excluding hydrogens is 294 g/mol. The van der Waals surface area contributed by atoms with Crippen LogP contribution in [0.25, 0.3) is 11.1 Å². The normalized spacial score (nSPS) is 15.5. The van der Waals surface area contributed by atoms with Gasteiger partial charge in [0.25, 0.3) is 0 Å². The molecule has 2 aromatic carbocycles. The van der Waals surface area contributed by atoms with Crippen LogP contribution in [0.2, 0.25) is 0 Å². The van der Waals surface area contributed by atoms with E-state index in [4.69, 9.17) is 14.2 Å². The molecule has 0 saturated carbocycles. The van der Waals surface area contributed by atoms with E-state index in [1.807, 2.05) is 43.3 Å². The number of ether oxygens (including phenoxy) is 3. The van der Waals surface area contributed by atoms with Crippen LogP contribution in [-0.2, 0) is 4.74 Å². The van der Waals surface area contributed by atoms with Crippen molar-refractivity contribution in [1.82, 2.24) is 0 Å². The molecule has 23 heavy (non-hydrogen) atoms. The predicted octanol–water partition coefficient (Wildman–Crippen LogP) is 4.02. The maximum Gasteiger partial charge on any atom is 0.414 e. The number of hydrogen-bond acceptors (Lipinski definition) is 4. The predicted molar refractivity (Wildman–Crippen MR) is 88.3 cm³/mol. The van der Waals surface area contributed by atoms with Crippen LogP contribution in [0.15, 0.2) is 36.4 Å². The number of hydrogen-bond donors (Lipinski definition) is 0. The molecule has 1 amide bonds. The number of carbonyl (C=O) groups is 1. The average molecular weight is 313 g/mol. The molecule has 1 aliphatic heterocycles. The minimum absolute atomic E-state index is 0.215. The minimum atomic E-state index is -0.395. The lowest BCUT2D eigenvalue weighted by Crippen LogP contribution is -2.36. The summed E-state index contributed by atoms with van der Waals surface area (Å²) >= 11 is 0. The van der Waals surface area contributed by atoms with E-state index in [-0.39, 0.29) is 6.04 Å². The summed E-state index contributed by atoms with van der Waals surface area (Å²) in [6.45, 7) is 1.96. The first-order valence-electron chi connectivity index (χ1n) is 7.34. The maximum absolute atomic E-state index is 12.3. The Morgan fingerprint density at radius 2 is 1.78 bits per heavy atom. The van der Waals surface area contributed by atoms with Gasteiger partial charge in [-0.1, -0.05) is 18.2 Å². The second-order valence-corrected chi connectivity index (χ2v) is 5.32. The highest BCUT2D eigenvalue weighted by Crippen LogP contribution is 2.49. The van der Waals surface area contributed by atoms with E-state index >= 15 is 0 Å². The Bertz CT molecular complexity index is 757. The van der Waals surface area contributed by atoms with Crippen LogP contribution < -0.4 is 14.4 Å². The molecule has 1 heterocycles. The fourth-order valence-corrected chi connectivity index (χ4v) is 3.15. The molecule has 0 bridgehead atoms. The van der Waals surface area contributed by atoms with Crippen LogP contribution in [0, 0.1) is 0 Å². The van der Waals surface area contributed by atoms with Crippen LogP contribution in [0.5, 0.6) is 11.5 Å². The van der Waals surface area contributed by atoms with E-state index in [2.05, 4.69) is 0 Å². The van der Waals surface area contributed by atoms with Crippen molar-refractivity contribution in [2.75, 3.05) is 26.2 Å². The number of fused-ring (bicyclic) bond motifs is 3. The highest BCUT2D eigenvalue weighted by molar-refractivity contribution is 5.98. The zero-order chi connectivity index (χ0) is 16.6. The minimum Gasteiger partial charge on any atom is -0.497 e. The van der Waals surface area contributed by atoms with Crippen molar-refractivity contribution in [2.24, 2.45) is 0 Å². The summed E-state index contributed by atoms with van der Waals surface area (Å²) in [5.74, 6) is 1.41. The highest BCUT2D eigenvalue weighted by Gasteiger charge is 2.35. The van der Waals surface area contributed by atoms with Crippen LogP contribution in [0.1, 0.15) is 18.5 Å². The number of benzene rings is 2. The van der Waals surface area contributed by atoms with Crippen LogP contribution >= 0.6 is 0 Å². The molecule has 2 aromatic rings. The maximum atomic E-state index is 12.3. The van der Waals surface area contributed by atoms with Gasteiger partial charge in [0.1, 0.15) is 11.5 Å². The Labute approximate surface area is 135 Å². The Balaban J connectivity index is 2.32. The number of methoxy groups -OCH3 is 3. The van der Waals surface area contributed by atoms with Crippen molar-refractivity contribution in [3.8, 4) is 22.6 Å². The molecule has 5 nitrogen and oxygen atoms in total. The Morgan fingerprint density at radius 3 is 2.43 bits per heavy atom. The van der Waals surface area contributed by atoms with E-state index in [1.165, 1.54) is 7.11 Å². The molecule has 1 aliphatic rings. The summed E-state index contributed by atoms with van der Waals surface area (Å²) in [6, 6.07) is 11.3. The number of anilines is 1. The molecule has 0 aliphatic carbocycles. The first-order valence-corrected chi connectivity index (χ1v) is 7.34. The molecule has 1 atom stereocenters. The Kier molecular flexibility index (Phi) is 3.86. The third-order valence-corrected chi connectivity index (χ3v) is 4.20. The van der Waals surface area contributed by atoms with Crippen LogP contribution in [0.4, 0.5) is 10.5 Å². The number of para-hydroxylation sites is 1. The van der Waals surface area contributed by atoms with Crippen molar-refractivity contribution in [3.63, 3.8) is 0 Å². The molecule has 0 aromatic heterocycles. The fraction of sp³-hybridized carbons (Fsp3) is 0.278. The van der Waals surface area contributed by atoms with Crippen molar-refractivity contribution in [3.05, 3.63) is 42.0 Å². The molecule has 3 rings (SSSR count). The summed E-state index contributed by atoms with van der Waals surface area (Å²) in [7, 11) is 4.63. The summed E-state index contributed by atoms with van der Waals surface area (Å²) in [5.41, 5.74) is 3.71. The fourth-order valence-electron chi connectivity index (χ4n) is 3.15. The molecule has 0 N–H and O–H groups in total. The van der Waals surface area contributed by atoms with Crippen molar-refractivity contribution < 1.29 is 19.0 Å². The van der Waals surface area contributed by atoms with E-state index in [0.29, 0.717) is 11.5 Å². The van der Waals surface area contributed by atoms with Gasteiger partial charge < -0.3 is 14.2 Å².